The Balaban J connectivity index is 1.48. The fraction of sp³-hybridized carbons (Fsp3) is 0.440. The summed E-state index contributed by atoms with van der Waals surface area (Å²) >= 11 is 0. The number of nitrogens with zero attached hydrogens (tertiary/aromatic N) is 1. The monoisotopic (exact) mass is 407 g/mol. The molecule has 0 amide bonds. The lowest BCUT2D eigenvalue weighted by molar-refractivity contribution is -0.0595. The number of benzene rings is 2. The van der Waals surface area contributed by atoms with Crippen molar-refractivity contribution in [2.45, 2.75) is 49.9 Å². The van der Waals surface area contributed by atoms with Gasteiger partial charge in [0.25, 0.3) is 0 Å². The standard InChI is InChI=1S/C25H29NO4/c1-4-13-30-23-12-5-18(14-24(23)29-3)17-26-20-8-9-21(26)16-25(27,15-20)19-6-10-22(28-2)11-7-19/h1,5-7,10-12,14,20-21,27H,8-9,13,15-17H2,2-3H3. The van der Waals surface area contributed by atoms with Gasteiger partial charge < -0.3 is 19.3 Å². The van der Waals surface area contributed by atoms with Gasteiger partial charge in [0.2, 0.25) is 0 Å². The minimum absolute atomic E-state index is 0.218. The van der Waals surface area contributed by atoms with E-state index in [1.807, 2.05) is 36.4 Å². The molecule has 2 atom stereocenters. The molecule has 2 aromatic rings. The van der Waals surface area contributed by atoms with Gasteiger partial charge in [-0.25, -0.2) is 0 Å². The summed E-state index contributed by atoms with van der Waals surface area (Å²) in [5.41, 5.74) is 1.38. The minimum Gasteiger partial charge on any atom is -0.497 e. The molecule has 2 saturated heterocycles. The zero-order chi connectivity index (χ0) is 21.1. The second-order valence-electron chi connectivity index (χ2n) is 8.20. The van der Waals surface area contributed by atoms with Gasteiger partial charge in [-0.3, -0.25) is 4.90 Å². The Morgan fingerprint density at radius 3 is 2.33 bits per heavy atom. The Bertz CT molecular complexity index is 904. The molecule has 158 valence electrons. The summed E-state index contributed by atoms with van der Waals surface area (Å²) < 4.78 is 16.3. The Morgan fingerprint density at radius 1 is 1.03 bits per heavy atom. The van der Waals surface area contributed by atoms with Gasteiger partial charge in [0.05, 0.1) is 19.8 Å². The molecule has 0 aromatic heterocycles. The van der Waals surface area contributed by atoms with Gasteiger partial charge in [0.1, 0.15) is 12.4 Å². The number of methoxy groups -OCH3 is 2. The first-order valence-electron chi connectivity index (χ1n) is 10.4. The summed E-state index contributed by atoms with van der Waals surface area (Å²) in [4.78, 5) is 2.54. The highest BCUT2D eigenvalue weighted by atomic mass is 16.5. The molecule has 2 aliphatic rings. The lowest BCUT2D eigenvalue weighted by Gasteiger charge is -2.44. The van der Waals surface area contributed by atoms with Crippen molar-refractivity contribution >= 4 is 0 Å². The molecular formula is C25H29NO4. The first-order chi connectivity index (χ1) is 14.6. The van der Waals surface area contributed by atoms with Crippen molar-refractivity contribution in [3.05, 3.63) is 53.6 Å². The number of terminal acetylenes is 1. The average molecular weight is 408 g/mol. The van der Waals surface area contributed by atoms with Crippen molar-refractivity contribution in [3.63, 3.8) is 0 Å². The van der Waals surface area contributed by atoms with E-state index in [1.165, 1.54) is 5.56 Å². The van der Waals surface area contributed by atoms with Crippen molar-refractivity contribution in [2.24, 2.45) is 0 Å². The molecule has 0 spiro atoms. The van der Waals surface area contributed by atoms with E-state index in [4.69, 9.17) is 20.6 Å². The third-order valence-electron chi connectivity index (χ3n) is 6.45. The predicted octanol–water partition coefficient (Wildman–Crippen LogP) is 3.73. The van der Waals surface area contributed by atoms with E-state index in [-0.39, 0.29) is 6.61 Å². The summed E-state index contributed by atoms with van der Waals surface area (Å²) in [6, 6.07) is 14.6. The summed E-state index contributed by atoms with van der Waals surface area (Å²) in [5.74, 6) is 4.65. The van der Waals surface area contributed by atoms with Gasteiger partial charge in [-0.15, -0.1) is 6.42 Å². The van der Waals surface area contributed by atoms with Gasteiger partial charge in [-0.05, 0) is 61.1 Å². The zero-order valence-electron chi connectivity index (χ0n) is 17.6. The topological polar surface area (TPSA) is 51.2 Å². The fourth-order valence-electron chi connectivity index (χ4n) is 4.97. The highest BCUT2D eigenvalue weighted by Gasteiger charge is 2.48. The van der Waals surface area contributed by atoms with E-state index in [0.717, 1.165) is 43.5 Å². The molecule has 2 aliphatic heterocycles. The van der Waals surface area contributed by atoms with Crippen molar-refractivity contribution in [2.75, 3.05) is 20.8 Å². The fourth-order valence-corrected chi connectivity index (χ4v) is 4.97. The summed E-state index contributed by atoms with van der Waals surface area (Å²) in [7, 11) is 3.30. The molecule has 2 bridgehead atoms. The SMILES string of the molecule is C#CCOc1ccc(CN2C3CCC2CC(O)(c2ccc(OC)cc2)C3)cc1OC. The zero-order valence-corrected chi connectivity index (χ0v) is 17.6. The Labute approximate surface area is 178 Å². The van der Waals surface area contributed by atoms with Crippen molar-refractivity contribution < 1.29 is 19.3 Å². The molecule has 2 aromatic carbocycles. The minimum atomic E-state index is -0.779. The van der Waals surface area contributed by atoms with Gasteiger partial charge in [0.15, 0.2) is 11.5 Å². The number of ether oxygens (including phenoxy) is 3. The first kappa shape index (κ1) is 20.6. The molecule has 2 fully saturated rings. The van der Waals surface area contributed by atoms with Crippen LogP contribution >= 0.6 is 0 Å². The normalized spacial score (nSPS) is 25.5. The third-order valence-corrected chi connectivity index (χ3v) is 6.45. The molecule has 30 heavy (non-hydrogen) atoms. The molecule has 5 heteroatoms. The quantitative estimate of drug-likeness (QED) is 0.709. The molecule has 0 radical (unpaired) electrons. The number of hydrogen-bond donors (Lipinski definition) is 1. The second-order valence-corrected chi connectivity index (χ2v) is 8.20. The lowest BCUT2D eigenvalue weighted by atomic mass is 9.80. The summed E-state index contributed by atoms with van der Waals surface area (Å²) in [6.07, 6.45) is 9.01. The van der Waals surface area contributed by atoms with E-state index < -0.39 is 5.60 Å². The van der Waals surface area contributed by atoms with Crippen molar-refractivity contribution in [1.29, 1.82) is 0 Å². The molecule has 4 rings (SSSR count). The Hall–Kier alpha value is -2.68. The molecule has 2 heterocycles. The van der Waals surface area contributed by atoms with Crippen LogP contribution in [0.4, 0.5) is 0 Å². The van der Waals surface area contributed by atoms with E-state index >= 15 is 0 Å². The van der Waals surface area contributed by atoms with Crippen LogP contribution in [0, 0.1) is 12.3 Å². The van der Waals surface area contributed by atoms with Crippen LogP contribution in [0.5, 0.6) is 17.2 Å². The first-order valence-corrected chi connectivity index (χ1v) is 10.4. The number of piperidine rings is 1. The van der Waals surface area contributed by atoms with Crippen LogP contribution in [-0.4, -0.2) is 42.9 Å². The Kier molecular flexibility index (Phi) is 5.90. The number of hydrogen-bond acceptors (Lipinski definition) is 5. The molecule has 1 N–H and O–H groups in total. The molecule has 2 unspecified atom stereocenters. The van der Waals surface area contributed by atoms with Gasteiger partial charge in [0, 0.05) is 18.6 Å². The van der Waals surface area contributed by atoms with Gasteiger partial charge >= 0.3 is 0 Å². The van der Waals surface area contributed by atoms with Crippen molar-refractivity contribution in [3.8, 4) is 29.6 Å². The van der Waals surface area contributed by atoms with E-state index in [2.05, 4.69) is 16.9 Å². The van der Waals surface area contributed by atoms with E-state index in [9.17, 15) is 5.11 Å². The Morgan fingerprint density at radius 2 is 1.73 bits per heavy atom. The van der Waals surface area contributed by atoms with E-state index in [1.54, 1.807) is 14.2 Å². The lowest BCUT2D eigenvalue weighted by Crippen LogP contribution is -2.49. The van der Waals surface area contributed by atoms with Crippen LogP contribution in [0.1, 0.15) is 36.8 Å². The van der Waals surface area contributed by atoms with Gasteiger partial charge in [-0.2, -0.15) is 0 Å². The molecular weight excluding hydrogens is 378 g/mol. The largest absolute Gasteiger partial charge is 0.497 e. The van der Waals surface area contributed by atoms with Crippen LogP contribution in [0.25, 0.3) is 0 Å². The maximum Gasteiger partial charge on any atom is 0.162 e. The van der Waals surface area contributed by atoms with Crippen molar-refractivity contribution in [1.82, 2.24) is 4.90 Å². The highest BCUT2D eigenvalue weighted by Crippen LogP contribution is 2.46. The van der Waals surface area contributed by atoms with Crippen LogP contribution in [0.3, 0.4) is 0 Å². The second kappa shape index (κ2) is 8.59. The molecule has 0 saturated carbocycles. The maximum absolute atomic E-state index is 11.5. The number of fused-ring (bicyclic) bond motifs is 2. The summed E-state index contributed by atoms with van der Waals surface area (Å²) in [5, 5.41) is 11.5. The average Bonchev–Trinajstić information content (AvgIpc) is 3.01. The third kappa shape index (κ3) is 3.98. The molecule has 5 nitrogen and oxygen atoms in total. The van der Waals surface area contributed by atoms with Gasteiger partial charge in [-0.1, -0.05) is 24.1 Å². The van der Waals surface area contributed by atoms with Crippen LogP contribution in [-0.2, 0) is 12.1 Å². The maximum atomic E-state index is 11.5. The molecule has 0 aliphatic carbocycles. The smallest absolute Gasteiger partial charge is 0.162 e. The van der Waals surface area contributed by atoms with Crippen LogP contribution in [0.2, 0.25) is 0 Å². The highest BCUT2D eigenvalue weighted by molar-refractivity contribution is 5.43. The summed E-state index contributed by atoms with van der Waals surface area (Å²) in [6.45, 7) is 1.05. The van der Waals surface area contributed by atoms with Crippen LogP contribution < -0.4 is 14.2 Å². The predicted molar refractivity (Wildman–Crippen MR) is 116 cm³/mol. The number of aliphatic hydroxyl groups is 1. The van der Waals surface area contributed by atoms with E-state index in [0.29, 0.717) is 23.6 Å². The van der Waals surface area contributed by atoms with Crippen LogP contribution in [0.15, 0.2) is 42.5 Å². The number of rotatable bonds is 7.